The van der Waals surface area contributed by atoms with Crippen molar-refractivity contribution >= 4 is 44.0 Å². The Balaban J connectivity index is 1.71. The van der Waals surface area contributed by atoms with E-state index >= 15 is 0 Å². The van der Waals surface area contributed by atoms with Gasteiger partial charge >= 0.3 is 0 Å². The van der Waals surface area contributed by atoms with E-state index in [4.69, 9.17) is 14.2 Å². The molecule has 0 spiro atoms. The number of ether oxygens (including phenoxy) is 3. The molecule has 0 fully saturated rings. The summed E-state index contributed by atoms with van der Waals surface area (Å²) in [5, 5.41) is 4.12. The van der Waals surface area contributed by atoms with Crippen LogP contribution in [-0.4, -0.2) is 25.3 Å². The van der Waals surface area contributed by atoms with Gasteiger partial charge in [-0.05, 0) is 65.2 Å². The third-order valence-electron chi connectivity index (χ3n) is 4.60. The van der Waals surface area contributed by atoms with E-state index in [2.05, 4.69) is 42.4 Å². The molecule has 0 aliphatic rings. The van der Waals surface area contributed by atoms with Crippen molar-refractivity contribution in [3.8, 4) is 17.2 Å². The maximum Gasteiger partial charge on any atom is 0.271 e. The molecule has 6 nitrogen and oxygen atoms in total. The van der Waals surface area contributed by atoms with Crippen molar-refractivity contribution in [1.29, 1.82) is 0 Å². The van der Waals surface area contributed by atoms with E-state index in [-0.39, 0.29) is 5.91 Å². The van der Waals surface area contributed by atoms with Gasteiger partial charge in [0.15, 0.2) is 11.5 Å². The number of nitrogens with one attached hydrogen (secondary N) is 1. The highest BCUT2D eigenvalue weighted by molar-refractivity contribution is 9.11. The lowest BCUT2D eigenvalue weighted by Crippen LogP contribution is -2.18. The molecule has 178 valence electrons. The van der Waals surface area contributed by atoms with E-state index < -0.39 is 0 Å². The number of nitrogens with zero attached hydrogens (tertiary/aromatic N) is 1. The Bertz CT molecular complexity index is 1140. The first-order chi connectivity index (χ1) is 16.5. The second-order valence-corrected chi connectivity index (χ2v) is 8.99. The Morgan fingerprint density at radius 1 is 0.971 bits per heavy atom. The minimum Gasteiger partial charge on any atom is -0.492 e. The molecule has 3 aromatic rings. The average Bonchev–Trinajstić information content (AvgIpc) is 2.83. The zero-order valence-electron chi connectivity index (χ0n) is 19.0. The monoisotopic (exact) mass is 588 g/mol. The quantitative estimate of drug-likeness (QED) is 0.199. The largest absolute Gasteiger partial charge is 0.492 e. The topological polar surface area (TPSA) is 69.2 Å². The zero-order valence-corrected chi connectivity index (χ0v) is 22.2. The van der Waals surface area contributed by atoms with Gasteiger partial charge in [0.05, 0.1) is 23.9 Å². The SMILES string of the molecule is CCCOc1c(Br)cc(Br)cc1/C=N/NC(=O)c1ccc(OCc2ccccc2)c(OCC)c1. The van der Waals surface area contributed by atoms with Crippen LogP contribution in [-0.2, 0) is 6.61 Å². The Morgan fingerprint density at radius 3 is 2.50 bits per heavy atom. The number of hydrogen-bond donors (Lipinski definition) is 1. The molecule has 0 aromatic heterocycles. The molecule has 0 saturated heterocycles. The van der Waals surface area contributed by atoms with Crippen molar-refractivity contribution in [2.24, 2.45) is 5.10 Å². The maximum atomic E-state index is 12.7. The lowest BCUT2D eigenvalue weighted by Gasteiger charge is -2.13. The van der Waals surface area contributed by atoms with E-state index in [1.165, 1.54) is 0 Å². The molecule has 0 bridgehead atoms. The van der Waals surface area contributed by atoms with Crippen LogP contribution in [0.2, 0.25) is 0 Å². The predicted molar refractivity (Wildman–Crippen MR) is 141 cm³/mol. The van der Waals surface area contributed by atoms with Gasteiger partial charge in [0.25, 0.3) is 5.91 Å². The maximum absolute atomic E-state index is 12.7. The van der Waals surface area contributed by atoms with E-state index in [1.54, 1.807) is 24.4 Å². The molecule has 1 N–H and O–H groups in total. The third kappa shape index (κ3) is 7.33. The summed E-state index contributed by atoms with van der Waals surface area (Å²) in [5.74, 6) is 1.38. The van der Waals surface area contributed by atoms with Crippen LogP contribution in [0.4, 0.5) is 0 Å². The van der Waals surface area contributed by atoms with Crippen LogP contribution in [0, 0.1) is 0 Å². The fraction of sp³-hybridized carbons (Fsp3) is 0.231. The summed E-state index contributed by atoms with van der Waals surface area (Å²) in [6.07, 6.45) is 2.43. The van der Waals surface area contributed by atoms with Gasteiger partial charge in [0.1, 0.15) is 12.4 Å². The van der Waals surface area contributed by atoms with E-state index in [0.717, 1.165) is 26.5 Å². The number of hydrogen-bond acceptors (Lipinski definition) is 5. The summed E-state index contributed by atoms with van der Waals surface area (Å²) in [6.45, 7) is 5.35. The fourth-order valence-corrected chi connectivity index (χ4v) is 4.40. The van der Waals surface area contributed by atoms with Crippen molar-refractivity contribution < 1.29 is 19.0 Å². The Labute approximate surface area is 216 Å². The molecule has 0 heterocycles. The summed E-state index contributed by atoms with van der Waals surface area (Å²) in [4.78, 5) is 12.7. The molecule has 0 unspecified atom stereocenters. The summed E-state index contributed by atoms with van der Waals surface area (Å²) >= 11 is 6.98. The first-order valence-corrected chi connectivity index (χ1v) is 12.5. The van der Waals surface area contributed by atoms with E-state index in [0.29, 0.717) is 42.6 Å². The predicted octanol–water partition coefficient (Wildman–Crippen LogP) is 6.74. The summed E-state index contributed by atoms with van der Waals surface area (Å²) in [7, 11) is 0. The average molecular weight is 590 g/mol. The molecule has 0 radical (unpaired) electrons. The number of amides is 1. The highest BCUT2D eigenvalue weighted by Gasteiger charge is 2.13. The van der Waals surface area contributed by atoms with Gasteiger partial charge in [-0.15, -0.1) is 0 Å². The molecule has 3 rings (SSSR count). The van der Waals surface area contributed by atoms with Crippen LogP contribution in [0.3, 0.4) is 0 Å². The van der Waals surface area contributed by atoms with Gasteiger partial charge in [-0.3, -0.25) is 4.79 Å². The summed E-state index contributed by atoms with van der Waals surface area (Å²) < 4.78 is 19.1. The second-order valence-electron chi connectivity index (χ2n) is 7.22. The molecule has 0 aliphatic carbocycles. The van der Waals surface area contributed by atoms with E-state index in [9.17, 15) is 4.79 Å². The molecule has 3 aromatic carbocycles. The molecule has 0 atom stereocenters. The highest BCUT2D eigenvalue weighted by Crippen LogP contribution is 2.32. The smallest absolute Gasteiger partial charge is 0.271 e. The number of rotatable bonds is 11. The van der Waals surface area contributed by atoms with Crippen molar-refractivity contribution in [1.82, 2.24) is 5.43 Å². The van der Waals surface area contributed by atoms with Gasteiger partial charge in [0.2, 0.25) is 0 Å². The Kier molecular flexibility index (Phi) is 9.97. The highest BCUT2D eigenvalue weighted by atomic mass is 79.9. The van der Waals surface area contributed by atoms with Gasteiger partial charge < -0.3 is 14.2 Å². The zero-order chi connectivity index (χ0) is 24.3. The van der Waals surface area contributed by atoms with Gasteiger partial charge in [0, 0.05) is 15.6 Å². The van der Waals surface area contributed by atoms with Crippen LogP contribution in [0.15, 0.2) is 74.7 Å². The summed E-state index contributed by atoms with van der Waals surface area (Å²) in [5.41, 5.74) is 4.75. The van der Waals surface area contributed by atoms with Gasteiger partial charge in [-0.1, -0.05) is 53.2 Å². The molecule has 0 saturated carbocycles. The number of halogens is 2. The third-order valence-corrected chi connectivity index (χ3v) is 5.65. The van der Waals surface area contributed by atoms with Gasteiger partial charge in [-0.25, -0.2) is 5.43 Å². The lowest BCUT2D eigenvalue weighted by atomic mass is 10.2. The number of carbonyl (C=O) groups is 1. The molecule has 34 heavy (non-hydrogen) atoms. The number of hydrazone groups is 1. The Hall–Kier alpha value is -2.84. The van der Waals surface area contributed by atoms with Crippen molar-refractivity contribution in [2.45, 2.75) is 26.9 Å². The molecule has 0 aliphatic heterocycles. The lowest BCUT2D eigenvalue weighted by molar-refractivity contribution is 0.0954. The van der Waals surface area contributed by atoms with Crippen LogP contribution < -0.4 is 19.6 Å². The van der Waals surface area contributed by atoms with Crippen LogP contribution >= 0.6 is 31.9 Å². The molecule has 8 heteroatoms. The van der Waals surface area contributed by atoms with Crippen LogP contribution in [0.25, 0.3) is 0 Å². The number of carbonyl (C=O) groups excluding carboxylic acids is 1. The molecule has 1 amide bonds. The molecular weight excluding hydrogens is 564 g/mol. The second kappa shape index (κ2) is 13.2. The standard InChI is InChI=1S/C26H26Br2N2O4/c1-3-12-33-25-20(13-21(27)15-22(25)28)16-29-30-26(31)19-10-11-23(24(14-19)32-4-2)34-17-18-8-6-5-7-9-18/h5-11,13-16H,3-4,12,17H2,1-2H3,(H,30,31)/b29-16+. The summed E-state index contributed by atoms with van der Waals surface area (Å²) in [6, 6.07) is 18.7. The van der Waals surface area contributed by atoms with Crippen molar-refractivity contribution in [3.63, 3.8) is 0 Å². The fourth-order valence-electron chi connectivity index (χ4n) is 3.03. The molecular formula is C26H26Br2N2O4. The minimum atomic E-state index is -0.364. The van der Waals surface area contributed by atoms with Crippen molar-refractivity contribution in [3.05, 3.63) is 86.3 Å². The minimum absolute atomic E-state index is 0.364. The first-order valence-electron chi connectivity index (χ1n) is 10.9. The Morgan fingerprint density at radius 2 is 1.76 bits per heavy atom. The first kappa shape index (κ1) is 25.8. The number of benzene rings is 3. The van der Waals surface area contributed by atoms with Crippen LogP contribution in [0.1, 0.15) is 41.8 Å². The van der Waals surface area contributed by atoms with Crippen molar-refractivity contribution in [2.75, 3.05) is 13.2 Å². The van der Waals surface area contributed by atoms with Gasteiger partial charge in [-0.2, -0.15) is 5.10 Å². The normalized spacial score (nSPS) is 10.8. The van der Waals surface area contributed by atoms with E-state index in [1.807, 2.05) is 56.3 Å². The van der Waals surface area contributed by atoms with Crippen LogP contribution in [0.5, 0.6) is 17.2 Å².